The summed E-state index contributed by atoms with van der Waals surface area (Å²) in [5, 5.41) is 9.49. The van der Waals surface area contributed by atoms with Crippen LogP contribution in [-0.2, 0) is 11.3 Å². The number of carbonyl (C=O) groups excluding carboxylic acids is 1. The number of aryl methyl sites for hydroxylation is 1. The monoisotopic (exact) mass is 458 g/mol. The number of nitrogens with zero attached hydrogens (tertiary/aromatic N) is 4. The van der Waals surface area contributed by atoms with E-state index in [4.69, 9.17) is 4.42 Å². The Morgan fingerprint density at radius 3 is 2.67 bits per heavy atom. The zero-order valence-electron chi connectivity index (χ0n) is 18.6. The molecular formula is C26H26N4O2S. The Morgan fingerprint density at radius 1 is 1.06 bits per heavy atom. The standard InChI is InChI=1S/C26H26N4O2S/c1-19-9-5-6-12-21(19)22-13-7-15-29(22)24(31)18-33-26-28-27-25(23-14-8-16-32-23)30(26)17-20-10-3-2-4-11-20/h2-6,8-12,14,16,22H,7,13,15,17-18H2,1H3. The van der Waals surface area contributed by atoms with Gasteiger partial charge in [-0.25, -0.2) is 0 Å². The van der Waals surface area contributed by atoms with Gasteiger partial charge in [-0.15, -0.1) is 10.2 Å². The molecule has 4 aromatic rings. The summed E-state index contributed by atoms with van der Waals surface area (Å²) >= 11 is 1.44. The highest BCUT2D eigenvalue weighted by atomic mass is 32.2. The van der Waals surface area contributed by atoms with E-state index in [1.54, 1.807) is 6.26 Å². The molecule has 0 spiro atoms. The van der Waals surface area contributed by atoms with Gasteiger partial charge in [0.05, 0.1) is 24.6 Å². The molecule has 2 aromatic carbocycles. The van der Waals surface area contributed by atoms with Gasteiger partial charge >= 0.3 is 0 Å². The highest BCUT2D eigenvalue weighted by Crippen LogP contribution is 2.34. The average Bonchev–Trinajstić information content (AvgIpc) is 3.60. The molecule has 33 heavy (non-hydrogen) atoms. The lowest BCUT2D eigenvalue weighted by Crippen LogP contribution is -2.32. The number of hydrogen-bond acceptors (Lipinski definition) is 5. The Bertz CT molecular complexity index is 1220. The van der Waals surface area contributed by atoms with Crippen molar-refractivity contribution in [3.05, 3.63) is 89.7 Å². The third-order valence-corrected chi connectivity index (χ3v) is 7.04. The largest absolute Gasteiger partial charge is 0.461 e. The molecule has 1 aliphatic rings. The Morgan fingerprint density at radius 2 is 1.88 bits per heavy atom. The van der Waals surface area contributed by atoms with E-state index in [-0.39, 0.29) is 11.9 Å². The average molecular weight is 459 g/mol. The van der Waals surface area contributed by atoms with Crippen LogP contribution in [-0.4, -0.2) is 37.9 Å². The summed E-state index contributed by atoms with van der Waals surface area (Å²) in [6.07, 6.45) is 3.67. The van der Waals surface area contributed by atoms with E-state index >= 15 is 0 Å². The normalized spacial score (nSPS) is 15.8. The fourth-order valence-corrected chi connectivity index (χ4v) is 5.27. The Kier molecular flexibility index (Phi) is 6.30. The summed E-state index contributed by atoms with van der Waals surface area (Å²) in [5.74, 6) is 1.79. The second-order valence-electron chi connectivity index (χ2n) is 8.25. The van der Waals surface area contributed by atoms with Crippen LogP contribution in [0, 0.1) is 6.92 Å². The van der Waals surface area contributed by atoms with E-state index in [2.05, 4.69) is 47.5 Å². The van der Waals surface area contributed by atoms with Crippen molar-refractivity contribution in [3.63, 3.8) is 0 Å². The summed E-state index contributed by atoms with van der Waals surface area (Å²) in [6, 6.07) is 22.4. The van der Waals surface area contributed by atoms with Gasteiger partial charge in [0.15, 0.2) is 10.9 Å². The van der Waals surface area contributed by atoms with Crippen molar-refractivity contribution in [1.82, 2.24) is 19.7 Å². The molecule has 1 amide bonds. The lowest BCUT2D eigenvalue weighted by atomic mass is 9.99. The van der Waals surface area contributed by atoms with Crippen LogP contribution >= 0.6 is 11.8 Å². The molecule has 0 radical (unpaired) electrons. The van der Waals surface area contributed by atoms with Crippen LogP contribution in [0.1, 0.15) is 35.6 Å². The van der Waals surface area contributed by atoms with Crippen LogP contribution in [0.5, 0.6) is 0 Å². The van der Waals surface area contributed by atoms with Gasteiger partial charge in [-0.05, 0) is 48.6 Å². The van der Waals surface area contributed by atoms with E-state index in [1.807, 2.05) is 45.9 Å². The highest BCUT2D eigenvalue weighted by molar-refractivity contribution is 7.99. The predicted molar refractivity (Wildman–Crippen MR) is 129 cm³/mol. The van der Waals surface area contributed by atoms with Gasteiger partial charge in [0.2, 0.25) is 11.7 Å². The second kappa shape index (κ2) is 9.67. The SMILES string of the molecule is Cc1ccccc1C1CCCN1C(=O)CSc1nnc(-c2ccco2)n1Cc1ccccc1. The van der Waals surface area contributed by atoms with Crippen molar-refractivity contribution < 1.29 is 9.21 Å². The van der Waals surface area contributed by atoms with Gasteiger partial charge < -0.3 is 9.32 Å². The lowest BCUT2D eigenvalue weighted by Gasteiger charge is -2.26. The van der Waals surface area contributed by atoms with Crippen molar-refractivity contribution in [3.8, 4) is 11.6 Å². The number of aromatic nitrogens is 3. The number of thioether (sulfide) groups is 1. The minimum absolute atomic E-state index is 0.138. The summed E-state index contributed by atoms with van der Waals surface area (Å²) in [6.45, 7) is 3.52. The van der Waals surface area contributed by atoms with Gasteiger partial charge in [0.1, 0.15) is 0 Å². The molecule has 1 atom stereocenters. The fourth-order valence-electron chi connectivity index (χ4n) is 4.45. The molecule has 0 bridgehead atoms. The van der Waals surface area contributed by atoms with Crippen LogP contribution in [0.4, 0.5) is 0 Å². The Labute approximate surface area is 197 Å². The van der Waals surface area contributed by atoms with Gasteiger partial charge in [0.25, 0.3) is 0 Å². The first kappa shape index (κ1) is 21.5. The van der Waals surface area contributed by atoms with Crippen LogP contribution in [0.25, 0.3) is 11.6 Å². The summed E-state index contributed by atoms with van der Waals surface area (Å²) in [7, 11) is 0. The molecular weight excluding hydrogens is 432 g/mol. The summed E-state index contributed by atoms with van der Waals surface area (Å²) < 4.78 is 7.61. The van der Waals surface area contributed by atoms with Crippen LogP contribution in [0.3, 0.4) is 0 Å². The fraction of sp³-hybridized carbons (Fsp3) is 0.269. The molecule has 5 rings (SSSR count). The number of likely N-dealkylation sites (tertiary alicyclic amines) is 1. The van der Waals surface area contributed by atoms with E-state index in [1.165, 1.54) is 22.9 Å². The maximum absolute atomic E-state index is 13.2. The van der Waals surface area contributed by atoms with Gasteiger partial charge in [-0.2, -0.15) is 0 Å². The molecule has 1 unspecified atom stereocenters. The first-order valence-corrected chi connectivity index (χ1v) is 12.2. The van der Waals surface area contributed by atoms with E-state index in [0.29, 0.717) is 29.0 Å². The van der Waals surface area contributed by atoms with Crippen LogP contribution in [0.2, 0.25) is 0 Å². The number of hydrogen-bond donors (Lipinski definition) is 0. The van der Waals surface area contributed by atoms with Crippen molar-refractivity contribution in [2.24, 2.45) is 0 Å². The topological polar surface area (TPSA) is 64.2 Å². The molecule has 1 fully saturated rings. The second-order valence-corrected chi connectivity index (χ2v) is 9.19. The summed E-state index contributed by atoms with van der Waals surface area (Å²) in [4.78, 5) is 15.3. The zero-order valence-corrected chi connectivity index (χ0v) is 19.4. The van der Waals surface area contributed by atoms with Crippen molar-refractivity contribution >= 4 is 17.7 Å². The Balaban J connectivity index is 1.35. The minimum Gasteiger partial charge on any atom is -0.461 e. The maximum atomic E-state index is 13.2. The molecule has 168 valence electrons. The van der Waals surface area contributed by atoms with Gasteiger partial charge in [-0.3, -0.25) is 9.36 Å². The quantitative estimate of drug-likeness (QED) is 0.349. The smallest absolute Gasteiger partial charge is 0.233 e. The third kappa shape index (κ3) is 4.59. The number of carbonyl (C=O) groups is 1. The summed E-state index contributed by atoms with van der Waals surface area (Å²) in [5.41, 5.74) is 3.62. The van der Waals surface area contributed by atoms with Crippen LogP contribution < -0.4 is 0 Å². The molecule has 1 aliphatic heterocycles. The number of amides is 1. The van der Waals surface area contributed by atoms with Gasteiger partial charge in [-0.1, -0.05) is 66.4 Å². The third-order valence-electron chi connectivity index (χ3n) is 6.09. The predicted octanol–water partition coefficient (Wildman–Crippen LogP) is 5.35. The molecule has 7 heteroatoms. The molecule has 1 saturated heterocycles. The first-order chi connectivity index (χ1) is 16.2. The number of furan rings is 1. The van der Waals surface area contributed by atoms with Crippen LogP contribution in [0.15, 0.2) is 82.6 Å². The molecule has 6 nitrogen and oxygen atoms in total. The van der Waals surface area contributed by atoms with Crippen molar-refractivity contribution in [2.45, 2.75) is 37.5 Å². The first-order valence-electron chi connectivity index (χ1n) is 11.2. The number of benzene rings is 2. The maximum Gasteiger partial charge on any atom is 0.233 e. The molecule has 0 saturated carbocycles. The van der Waals surface area contributed by atoms with E-state index in [9.17, 15) is 4.79 Å². The molecule has 2 aromatic heterocycles. The van der Waals surface area contributed by atoms with E-state index < -0.39 is 0 Å². The minimum atomic E-state index is 0.138. The van der Waals surface area contributed by atoms with E-state index in [0.717, 1.165) is 24.9 Å². The lowest BCUT2D eigenvalue weighted by molar-refractivity contribution is -0.129. The van der Waals surface area contributed by atoms with Crippen molar-refractivity contribution in [1.29, 1.82) is 0 Å². The highest BCUT2D eigenvalue weighted by Gasteiger charge is 2.31. The Hall–Kier alpha value is -3.32. The van der Waals surface area contributed by atoms with Crippen molar-refractivity contribution in [2.75, 3.05) is 12.3 Å². The molecule has 0 aliphatic carbocycles. The zero-order chi connectivity index (χ0) is 22.6. The molecule has 0 N–H and O–H groups in total. The van der Waals surface area contributed by atoms with Gasteiger partial charge in [0, 0.05) is 6.54 Å². The molecule has 3 heterocycles. The number of rotatable bonds is 7.